The van der Waals surface area contributed by atoms with E-state index in [1.54, 1.807) is 0 Å². The van der Waals surface area contributed by atoms with Crippen molar-refractivity contribution >= 4 is 11.6 Å². The van der Waals surface area contributed by atoms with Gasteiger partial charge in [-0.25, -0.2) is 0 Å². The number of halogens is 1. The predicted molar refractivity (Wildman–Crippen MR) is 68.0 cm³/mol. The molecule has 2 heterocycles. The highest BCUT2D eigenvalue weighted by molar-refractivity contribution is 6.31. The van der Waals surface area contributed by atoms with Crippen molar-refractivity contribution in [1.82, 2.24) is 14.7 Å². The van der Waals surface area contributed by atoms with Crippen molar-refractivity contribution in [1.29, 1.82) is 0 Å². The van der Waals surface area contributed by atoms with E-state index in [-0.39, 0.29) is 12.6 Å². The Bertz CT molecular complexity index is 405. The molecule has 1 aromatic heterocycles. The third-order valence-corrected chi connectivity index (χ3v) is 4.29. The predicted octanol–water partition coefficient (Wildman–Crippen LogP) is 1.58. The number of nitrogens with zero attached hydrogens (tertiary/aromatic N) is 3. The first-order valence-electron chi connectivity index (χ1n) is 6.07. The van der Waals surface area contributed by atoms with Crippen LogP contribution in [0.2, 0.25) is 5.02 Å². The summed E-state index contributed by atoms with van der Waals surface area (Å²) in [7, 11) is 1.92. The summed E-state index contributed by atoms with van der Waals surface area (Å²) in [4.78, 5) is 2.30. The molecule has 1 fully saturated rings. The number of aliphatic hydroxyl groups excluding tert-OH is 1. The normalized spacial score (nSPS) is 25.7. The van der Waals surface area contributed by atoms with Gasteiger partial charge in [0.15, 0.2) is 0 Å². The van der Waals surface area contributed by atoms with Crippen molar-refractivity contribution in [2.45, 2.75) is 32.9 Å². The molecule has 4 nitrogen and oxygen atoms in total. The Morgan fingerprint density at radius 3 is 2.76 bits per heavy atom. The van der Waals surface area contributed by atoms with Crippen LogP contribution >= 0.6 is 11.6 Å². The molecule has 1 aliphatic rings. The van der Waals surface area contributed by atoms with E-state index < -0.39 is 0 Å². The van der Waals surface area contributed by atoms with Crippen LogP contribution in [0, 0.1) is 12.8 Å². The molecule has 0 radical (unpaired) electrons. The maximum absolute atomic E-state index is 9.43. The van der Waals surface area contributed by atoms with E-state index >= 15 is 0 Å². The van der Waals surface area contributed by atoms with Crippen molar-refractivity contribution < 1.29 is 5.11 Å². The van der Waals surface area contributed by atoms with Crippen LogP contribution in [0.25, 0.3) is 0 Å². The maximum atomic E-state index is 9.43. The van der Waals surface area contributed by atoms with Gasteiger partial charge in [0.1, 0.15) is 0 Å². The van der Waals surface area contributed by atoms with E-state index in [0.29, 0.717) is 5.92 Å². The van der Waals surface area contributed by atoms with Crippen LogP contribution < -0.4 is 0 Å². The smallest absolute Gasteiger partial charge is 0.0860 e. The van der Waals surface area contributed by atoms with Crippen LogP contribution in [-0.2, 0) is 13.6 Å². The lowest BCUT2D eigenvalue weighted by molar-refractivity contribution is 0.132. The Balaban J connectivity index is 2.15. The number of aryl methyl sites for hydroxylation is 2. The van der Waals surface area contributed by atoms with Crippen molar-refractivity contribution in [3.8, 4) is 0 Å². The zero-order valence-corrected chi connectivity index (χ0v) is 11.4. The Kier molecular flexibility index (Phi) is 3.76. The van der Waals surface area contributed by atoms with Gasteiger partial charge in [-0.2, -0.15) is 5.10 Å². The summed E-state index contributed by atoms with van der Waals surface area (Å²) in [6.07, 6.45) is 1.14. The standard InChI is InChI=1S/C12H20ClN3O/c1-8-4-5-16(11(8)7-17)6-10-12(13)9(2)14-15(10)3/h8,11,17H,4-7H2,1-3H3. The minimum Gasteiger partial charge on any atom is -0.395 e. The van der Waals surface area contributed by atoms with Gasteiger partial charge < -0.3 is 5.11 Å². The first-order chi connectivity index (χ1) is 8.04. The fraction of sp³-hybridized carbons (Fsp3) is 0.750. The highest BCUT2D eigenvalue weighted by Crippen LogP contribution is 2.28. The van der Waals surface area contributed by atoms with E-state index in [0.717, 1.165) is 35.9 Å². The molecule has 0 aliphatic carbocycles. The summed E-state index contributed by atoms with van der Waals surface area (Å²) in [5, 5.41) is 14.5. The second-order valence-corrected chi connectivity index (χ2v) is 5.33. The highest BCUT2D eigenvalue weighted by Gasteiger charge is 2.31. The van der Waals surface area contributed by atoms with Crippen LogP contribution in [0.15, 0.2) is 0 Å². The average molecular weight is 258 g/mol. The van der Waals surface area contributed by atoms with Gasteiger partial charge in [0, 0.05) is 19.6 Å². The van der Waals surface area contributed by atoms with Gasteiger partial charge in [0.05, 0.1) is 23.0 Å². The van der Waals surface area contributed by atoms with Crippen molar-refractivity contribution in [2.75, 3.05) is 13.2 Å². The largest absolute Gasteiger partial charge is 0.395 e. The summed E-state index contributed by atoms with van der Waals surface area (Å²) in [6.45, 7) is 6.12. The monoisotopic (exact) mass is 257 g/mol. The number of hydrogen-bond donors (Lipinski definition) is 1. The number of rotatable bonds is 3. The molecule has 1 saturated heterocycles. The molecule has 0 amide bonds. The van der Waals surface area contributed by atoms with Crippen LogP contribution in [-0.4, -0.2) is 39.0 Å². The lowest BCUT2D eigenvalue weighted by atomic mass is 10.0. The Hall–Kier alpha value is -0.580. The van der Waals surface area contributed by atoms with Crippen LogP contribution in [0.5, 0.6) is 0 Å². The lowest BCUT2D eigenvalue weighted by Gasteiger charge is -2.25. The average Bonchev–Trinajstić information content (AvgIpc) is 2.75. The lowest BCUT2D eigenvalue weighted by Crippen LogP contribution is -2.35. The fourth-order valence-electron chi connectivity index (χ4n) is 2.62. The molecule has 5 heteroatoms. The van der Waals surface area contributed by atoms with Gasteiger partial charge in [-0.1, -0.05) is 18.5 Å². The van der Waals surface area contributed by atoms with E-state index in [9.17, 15) is 5.11 Å². The minimum atomic E-state index is 0.218. The molecule has 96 valence electrons. The molecule has 0 aromatic carbocycles. The molecule has 1 aliphatic heterocycles. The third-order valence-electron chi connectivity index (χ3n) is 3.80. The topological polar surface area (TPSA) is 41.3 Å². The van der Waals surface area contributed by atoms with E-state index in [2.05, 4.69) is 16.9 Å². The molecular formula is C12H20ClN3O. The SMILES string of the molecule is Cc1nn(C)c(CN2CCC(C)C2CO)c1Cl. The van der Waals surface area contributed by atoms with Gasteiger partial charge in [-0.15, -0.1) is 0 Å². The Morgan fingerprint density at radius 2 is 2.24 bits per heavy atom. The number of likely N-dealkylation sites (tertiary alicyclic amines) is 1. The second-order valence-electron chi connectivity index (χ2n) is 4.96. The molecule has 2 atom stereocenters. The van der Waals surface area contributed by atoms with Gasteiger partial charge in [0.25, 0.3) is 0 Å². The molecule has 1 aromatic rings. The van der Waals surface area contributed by atoms with Gasteiger partial charge in [-0.3, -0.25) is 9.58 Å². The Labute approximate surface area is 107 Å². The van der Waals surface area contributed by atoms with E-state index in [4.69, 9.17) is 11.6 Å². The van der Waals surface area contributed by atoms with Crippen molar-refractivity contribution in [3.63, 3.8) is 0 Å². The first-order valence-corrected chi connectivity index (χ1v) is 6.45. The second kappa shape index (κ2) is 4.96. The number of aromatic nitrogens is 2. The zero-order chi connectivity index (χ0) is 12.6. The molecular weight excluding hydrogens is 238 g/mol. The quantitative estimate of drug-likeness (QED) is 0.894. The van der Waals surface area contributed by atoms with E-state index in [1.165, 1.54) is 0 Å². The first kappa shape index (κ1) is 12.9. The molecule has 1 N–H and O–H groups in total. The van der Waals surface area contributed by atoms with Gasteiger partial charge in [-0.05, 0) is 25.8 Å². The minimum absolute atomic E-state index is 0.218. The van der Waals surface area contributed by atoms with Crippen LogP contribution in [0.1, 0.15) is 24.7 Å². The third kappa shape index (κ3) is 2.34. The van der Waals surface area contributed by atoms with Gasteiger partial charge in [0.2, 0.25) is 0 Å². The maximum Gasteiger partial charge on any atom is 0.0860 e. The van der Waals surface area contributed by atoms with E-state index in [1.807, 2.05) is 18.7 Å². The molecule has 2 unspecified atom stereocenters. The molecule has 0 bridgehead atoms. The van der Waals surface area contributed by atoms with Crippen LogP contribution in [0.4, 0.5) is 0 Å². The molecule has 0 spiro atoms. The van der Waals surface area contributed by atoms with Crippen LogP contribution in [0.3, 0.4) is 0 Å². The number of aliphatic hydroxyl groups is 1. The van der Waals surface area contributed by atoms with Crippen molar-refractivity contribution in [2.24, 2.45) is 13.0 Å². The summed E-state index contributed by atoms with van der Waals surface area (Å²) in [6, 6.07) is 0.251. The Morgan fingerprint density at radius 1 is 1.53 bits per heavy atom. The fourth-order valence-corrected chi connectivity index (χ4v) is 2.84. The molecule has 2 rings (SSSR count). The van der Waals surface area contributed by atoms with Crippen molar-refractivity contribution in [3.05, 3.63) is 16.4 Å². The summed E-state index contributed by atoms with van der Waals surface area (Å²) in [5.74, 6) is 0.549. The summed E-state index contributed by atoms with van der Waals surface area (Å²) in [5.41, 5.74) is 1.91. The number of hydrogen-bond acceptors (Lipinski definition) is 3. The molecule has 0 saturated carbocycles. The molecule has 17 heavy (non-hydrogen) atoms. The summed E-state index contributed by atoms with van der Waals surface area (Å²) >= 11 is 6.25. The summed E-state index contributed by atoms with van der Waals surface area (Å²) < 4.78 is 1.84. The zero-order valence-electron chi connectivity index (χ0n) is 10.6. The van der Waals surface area contributed by atoms with Gasteiger partial charge >= 0.3 is 0 Å². The highest BCUT2D eigenvalue weighted by atomic mass is 35.5.